The van der Waals surface area contributed by atoms with E-state index in [-0.39, 0.29) is 5.91 Å². The highest BCUT2D eigenvalue weighted by Crippen LogP contribution is 2.16. The average molecular weight is 288 g/mol. The van der Waals surface area contributed by atoms with Crippen LogP contribution in [0.2, 0.25) is 0 Å². The van der Waals surface area contributed by atoms with Crippen LogP contribution in [0.3, 0.4) is 0 Å². The Balaban J connectivity index is 2.89. The SMILES string of the molecule is CCCn1cc(Br)cc1C(=O)N(C)CCN. The first-order valence-corrected chi connectivity index (χ1v) is 6.20. The maximum Gasteiger partial charge on any atom is 0.270 e. The van der Waals surface area contributed by atoms with Crippen molar-refractivity contribution < 1.29 is 4.79 Å². The molecular weight excluding hydrogens is 270 g/mol. The summed E-state index contributed by atoms with van der Waals surface area (Å²) < 4.78 is 2.91. The van der Waals surface area contributed by atoms with Gasteiger partial charge >= 0.3 is 0 Å². The van der Waals surface area contributed by atoms with Gasteiger partial charge in [-0.05, 0) is 28.4 Å². The summed E-state index contributed by atoms with van der Waals surface area (Å²) >= 11 is 3.39. The summed E-state index contributed by atoms with van der Waals surface area (Å²) in [5.41, 5.74) is 6.15. The molecule has 1 rings (SSSR count). The third kappa shape index (κ3) is 3.09. The van der Waals surface area contributed by atoms with E-state index in [1.54, 1.807) is 11.9 Å². The normalized spacial score (nSPS) is 10.5. The minimum atomic E-state index is 0.0181. The Morgan fingerprint density at radius 2 is 2.31 bits per heavy atom. The van der Waals surface area contributed by atoms with Crippen molar-refractivity contribution in [1.82, 2.24) is 9.47 Å². The van der Waals surface area contributed by atoms with Gasteiger partial charge in [0.2, 0.25) is 0 Å². The molecule has 90 valence electrons. The zero-order valence-electron chi connectivity index (χ0n) is 9.74. The number of carbonyl (C=O) groups is 1. The van der Waals surface area contributed by atoms with Gasteiger partial charge in [0.25, 0.3) is 5.91 Å². The molecule has 0 aromatic carbocycles. The van der Waals surface area contributed by atoms with Crippen LogP contribution in [0.15, 0.2) is 16.7 Å². The quantitative estimate of drug-likeness (QED) is 0.896. The third-order valence-corrected chi connectivity index (χ3v) is 2.79. The summed E-state index contributed by atoms with van der Waals surface area (Å²) in [4.78, 5) is 13.7. The number of rotatable bonds is 5. The van der Waals surface area contributed by atoms with Gasteiger partial charge in [0, 0.05) is 37.4 Å². The molecule has 2 N–H and O–H groups in total. The number of amides is 1. The van der Waals surface area contributed by atoms with Crippen molar-refractivity contribution in [3.05, 3.63) is 22.4 Å². The summed E-state index contributed by atoms with van der Waals surface area (Å²) in [5.74, 6) is 0.0181. The van der Waals surface area contributed by atoms with Crippen LogP contribution in [0.5, 0.6) is 0 Å². The van der Waals surface area contributed by atoms with Gasteiger partial charge in [0.05, 0.1) is 0 Å². The molecule has 0 unspecified atom stereocenters. The number of likely N-dealkylation sites (N-methyl/N-ethyl adjacent to an activating group) is 1. The number of halogens is 1. The lowest BCUT2D eigenvalue weighted by atomic mass is 10.3. The maximum atomic E-state index is 12.1. The molecule has 0 bridgehead atoms. The summed E-state index contributed by atoms with van der Waals surface area (Å²) in [5, 5.41) is 0. The first-order valence-electron chi connectivity index (χ1n) is 5.41. The minimum Gasteiger partial charge on any atom is -0.342 e. The van der Waals surface area contributed by atoms with E-state index in [0.717, 1.165) is 17.4 Å². The van der Waals surface area contributed by atoms with Gasteiger partial charge in [-0.25, -0.2) is 0 Å². The summed E-state index contributed by atoms with van der Waals surface area (Å²) in [7, 11) is 1.77. The molecule has 0 aliphatic heterocycles. The van der Waals surface area contributed by atoms with Crippen LogP contribution in [0.1, 0.15) is 23.8 Å². The monoisotopic (exact) mass is 287 g/mol. The molecule has 1 aromatic rings. The highest BCUT2D eigenvalue weighted by atomic mass is 79.9. The van der Waals surface area contributed by atoms with Gasteiger partial charge in [-0.3, -0.25) is 4.79 Å². The molecule has 1 heterocycles. The number of hydrogen-bond acceptors (Lipinski definition) is 2. The lowest BCUT2D eigenvalue weighted by molar-refractivity contribution is 0.0788. The Morgan fingerprint density at radius 1 is 1.62 bits per heavy atom. The van der Waals surface area contributed by atoms with Crippen LogP contribution in [-0.2, 0) is 6.54 Å². The first kappa shape index (κ1) is 13.3. The number of nitrogens with two attached hydrogens (primary N) is 1. The highest BCUT2D eigenvalue weighted by Gasteiger charge is 2.16. The van der Waals surface area contributed by atoms with Crippen LogP contribution in [0, 0.1) is 0 Å². The molecular formula is C11H18BrN3O. The Labute approximate surface area is 105 Å². The molecule has 1 aromatic heterocycles. The van der Waals surface area contributed by atoms with Crippen LogP contribution >= 0.6 is 15.9 Å². The molecule has 0 spiro atoms. The van der Waals surface area contributed by atoms with Crippen LogP contribution in [0.4, 0.5) is 0 Å². The molecule has 5 heteroatoms. The predicted octanol–water partition coefficient (Wildman–Crippen LogP) is 1.69. The number of nitrogens with zero attached hydrogens (tertiary/aromatic N) is 2. The van der Waals surface area contributed by atoms with E-state index >= 15 is 0 Å². The lowest BCUT2D eigenvalue weighted by Gasteiger charge is -2.17. The molecule has 0 aliphatic carbocycles. The van der Waals surface area contributed by atoms with Gasteiger partial charge < -0.3 is 15.2 Å². The van der Waals surface area contributed by atoms with E-state index < -0.39 is 0 Å². The van der Waals surface area contributed by atoms with Crippen molar-refractivity contribution in [2.45, 2.75) is 19.9 Å². The third-order valence-electron chi connectivity index (χ3n) is 2.36. The van der Waals surface area contributed by atoms with Crippen molar-refractivity contribution in [1.29, 1.82) is 0 Å². The molecule has 0 saturated heterocycles. The number of carbonyl (C=O) groups excluding carboxylic acids is 1. The zero-order valence-corrected chi connectivity index (χ0v) is 11.3. The second-order valence-corrected chi connectivity index (χ2v) is 4.67. The highest BCUT2D eigenvalue weighted by molar-refractivity contribution is 9.10. The topological polar surface area (TPSA) is 51.3 Å². The number of hydrogen-bond donors (Lipinski definition) is 1. The fourth-order valence-electron chi connectivity index (χ4n) is 1.57. The zero-order chi connectivity index (χ0) is 12.1. The van der Waals surface area contributed by atoms with Gasteiger partial charge in [0.1, 0.15) is 5.69 Å². The van der Waals surface area contributed by atoms with Crippen molar-refractivity contribution in [3.8, 4) is 0 Å². The molecule has 16 heavy (non-hydrogen) atoms. The van der Waals surface area contributed by atoms with Crippen LogP contribution in [0.25, 0.3) is 0 Å². The molecule has 0 fully saturated rings. The minimum absolute atomic E-state index is 0.0181. The van der Waals surface area contributed by atoms with E-state index in [2.05, 4.69) is 22.9 Å². The average Bonchev–Trinajstić information content (AvgIpc) is 2.59. The van der Waals surface area contributed by atoms with Gasteiger partial charge in [-0.1, -0.05) is 6.92 Å². The van der Waals surface area contributed by atoms with E-state index in [0.29, 0.717) is 18.8 Å². The molecule has 0 atom stereocenters. The molecule has 0 saturated carbocycles. The Bertz CT molecular complexity index is 362. The first-order chi connectivity index (χ1) is 7.60. The van der Waals surface area contributed by atoms with E-state index in [9.17, 15) is 4.79 Å². The van der Waals surface area contributed by atoms with Crippen LogP contribution < -0.4 is 5.73 Å². The molecule has 1 amide bonds. The van der Waals surface area contributed by atoms with E-state index in [1.165, 1.54) is 0 Å². The maximum absolute atomic E-state index is 12.1. The smallest absolute Gasteiger partial charge is 0.270 e. The Hall–Kier alpha value is -0.810. The predicted molar refractivity (Wildman–Crippen MR) is 68.4 cm³/mol. The van der Waals surface area contributed by atoms with Crippen molar-refractivity contribution in [2.24, 2.45) is 5.73 Å². The van der Waals surface area contributed by atoms with Crippen molar-refractivity contribution in [2.75, 3.05) is 20.1 Å². The number of aryl methyl sites for hydroxylation is 1. The number of aromatic nitrogens is 1. The fourth-order valence-corrected chi connectivity index (χ4v) is 2.03. The van der Waals surface area contributed by atoms with Gasteiger partial charge in [-0.2, -0.15) is 0 Å². The largest absolute Gasteiger partial charge is 0.342 e. The second kappa shape index (κ2) is 6.06. The Kier molecular flexibility index (Phi) is 5.02. The van der Waals surface area contributed by atoms with Gasteiger partial charge in [-0.15, -0.1) is 0 Å². The summed E-state index contributed by atoms with van der Waals surface area (Å²) in [6, 6.07) is 1.85. The van der Waals surface area contributed by atoms with Crippen molar-refractivity contribution >= 4 is 21.8 Å². The van der Waals surface area contributed by atoms with Crippen LogP contribution in [-0.4, -0.2) is 35.5 Å². The standard InChI is InChI=1S/C11H18BrN3O/c1-3-5-15-8-9(12)7-10(15)11(16)14(2)6-4-13/h7-8H,3-6,13H2,1-2H3. The molecule has 0 aliphatic rings. The summed E-state index contributed by atoms with van der Waals surface area (Å²) in [6.45, 7) is 4.00. The second-order valence-electron chi connectivity index (χ2n) is 3.75. The van der Waals surface area contributed by atoms with E-state index in [4.69, 9.17) is 5.73 Å². The fraction of sp³-hybridized carbons (Fsp3) is 0.545. The van der Waals surface area contributed by atoms with Gasteiger partial charge in [0.15, 0.2) is 0 Å². The molecule has 4 nitrogen and oxygen atoms in total. The summed E-state index contributed by atoms with van der Waals surface area (Å²) in [6.07, 6.45) is 2.94. The lowest BCUT2D eigenvalue weighted by Crippen LogP contribution is -2.33. The van der Waals surface area contributed by atoms with E-state index in [1.807, 2.05) is 16.8 Å². The molecule has 0 radical (unpaired) electrons. The Morgan fingerprint density at radius 3 is 2.88 bits per heavy atom. The van der Waals surface area contributed by atoms with Crippen molar-refractivity contribution in [3.63, 3.8) is 0 Å².